The van der Waals surface area contributed by atoms with Crippen molar-refractivity contribution in [2.75, 3.05) is 23.1 Å². The van der Waals surface area contributed by atoms with Crippen LogP contribution in [-0.4, -0.2) is 28.0 Å². The minimum Gasteiger partial charge on any atom is -0.330 e. The lowest BCUT2D eigenvalue weighted by Gasteiger charge is -2.00. The zero-order valence-electron chi connectivity index (χ0n) is 9.72. The monoisotopic (exact) mass is 301 g/mol. The fourth-order valence-electron chi connectivity index (χ4n) is 1.22. The molecule has 0 aliphatic rings. The first kappa shape index (κ1) is 13.6. The maximum absolute atomic E-state index is 13.0. The molecule has 0 aliphatic heterocycles. The predicted octanol–water partition coefficient (Wildman–Crippen LogP) is 3.88. The second-order valence-electron chi connectivity index (χ2n) is 3.35. The molecule has 0 saturated heterocycles. The van der Waals surface area contributed by atoms with E-state index in [1.165, 1.54) is 23.5 Å². The van der Waals surface area contributed by atoms with Crippen LogP contribution in [0.5, 0.6) is 0 Å². The summed E-state index contributed by atoms with van der Waals surface area (Å²) < 4.78 is 13.9. The van der Waals surface area contributed by atoms with Gasteiger partial charge in [0.05, 0.1) is 0 Å². The van der Waals surface area contributed by atoms with Crippen molar-refractivity contribution < 1.29 is 4.39 Å². The number of aromatic nitrogens is 2. The van der Waals surface area contributed by atoms with Crippen LogP contribution in [0.25, 0.3) is 0 Å². The summed E-state index contributed by atoms with van der Waals surface area (Å²) in [5.74, 6) is 1.85. The van der Waals surface area contributed by atoms with Crippen LogP contribution in [0, 0.1) is 5.82 Å². The van der Waals surface area contributed by atoms with Crippen LogP contribution in [0.15, 0.2) is 28.6 Å². The average molecular weight is 301 g/mol. The number of thioether (sulfide) groups is 2. The van der Waals surface area contributed by atoms with E-state index in [0.717, 1.165) is 15.8 Å². The van der Waals surface area contributed by atoms with E-state index >= 15 is 0 Å². The highest BCUT2D eigenvalue weighted by Gasteiger charge is 2.05. The number of rotatable bonds is 6. The number of halogens is 1. The Morgan fingerprint density at radius 3 is 3.00 bits per heavy atom. The van der Waals surface area contributed by atoms with Crippen molar-refractivity contribution in [2.24, 2.45) is 0 Å². The van der Waals surface area contributed by atoms with Crippen LogP contribution in [-0.2, 0) is 0 Å². The van der Waals surface area contributed by atoms with Crippen molar-refractivity contribution in [2.45, 2.75) is 4.34 Å². The first-order valence-electron chi connectivity index (χ1n) is 5.26. The number of benzene rings is 1. The number of hydrogen-bond donors (Lipinski definition) is 1. The summed E-state index contributed by atoms with van der Waals surface area (Å²) in [6.07, 6.45) is 2.08. The van der Waals surface area contributed by atoms with E-state index in [4.69, 9.17) is 0 Å². The molecule has 1 heterocycles. The molecule has 0 amide bonds. The van der Waals surface area contributed by atoms with Crippen LogP contribution < -0.4 is 5.32 Å². The molecule has 1 aromatic heterocycles. The summed E-state index contributed by atoms with van der Waals surface area (Å²) >= 11 is 4.98. The van der Waals surface area contributed by atoms with Crippen LogP contribution >= 0.6 is 34.9 Å². The molecule has 0 radical (unpaired) electrons. The Morgan fingerprint density at radius 1 is 1.33 bits per heavy atom. The van der Waals surface area contributed by atoms with E-state index < -0.39 is 0 Å². The second kappa shape index (κ2) is 6.96. The van der Waals surface area contributed by atoms with Crippen molar-refractivity contribution >= 4 is 45.7 Å². The minimum absolute atomic E-state index is 0.265. The Hall–Kier alpha value is -0.790. The van der Waals surface area contributed by atoms with Crippen molar-refractivity contribution in [3.8, 4) is 0 Å². The molecule has 96 valence electrons. The molecule has 2 rings (SSSR count). The molecule has 0 fully saturated rings. The lowest BCUT2D eigenvalue weighted by molar-refractivity contribution is 0.628. The van der Waals surface area contributed by atoms with E-state index in [1.54, 1.807) is 23.9 Å². The number of nitrogens with zero attached hydrogens (tertiary/aromatic N) is 2. The van der Waals surface area contributed by atoms with E-state index in [2.05, 4.69) is 21.8 Å². The van der Waals surface area contributed by atoms with E-state index in [1.807, 2.05) is 11.8 Å². The van der Waals surface area contributed by atoms with Crippen molar-refractivity contribution in [3.05, 3.63) is 30.1 Å². The summed E-state index contributed by atoms with van der Waals surface area (Å²) in [6, 6.07) is 6.30. The topological polar surface area (TPSA) is 37.8 Å². The number of anilines is 2. The summed E-state index contributed by atoms with van der Waals surface area (Å²) in [7, 11) is 0. The minimum atomic E-state index is -0.265. The third-order valence-electron chi connectivity index (χ3n) is 2.00. The van der Waals surface area contributed by atoms with Crippen LogP contribution in [0.4, 0.5) is 15.2 Å². The zero-order chi connectivity index (χ0) is 12.8. The Bertz CT molecular complexity index is 504. The van der Waals surface area contributed by atoms with Crippen LogP contribution in [0.2, 0.25) is 0 Å². The van der Waals surface area contributed by atoms with Gasteiger partial charge in [0.1, 0.15) is 5.82 Å². The van der Waals surface area contributed by atoms with Gasteiger partial charge < -0.3 is 5.32 Å². The number of hydrogen-bond acceptors (Lipinski definition) is 6. The number of nitrogens with one attached hydrogen (secondary N) is 1. The molecule has 1 aromatic carbocycles. The maximum Gasteiger partial charge on any atom is 0.210 e. The molecular weight excluding hydrogens is 289 g/mol. The van der Waals surface area contributed by atoms with Crippen LogP contribution in [0.3, 0.4) is 0 Å². The molecule has 18 heavy (non-hydrogen) atoms. The molecular formula is C11H12FN3S3. The van der Waals surface area contributed by atoms with Crippen molar-refractivity contribution in [3.63, 3.8) is 0 Å². The predicted molar refractivity (Wildman–Crippen MR) is 78.7 cm³/mol. The van der Waals surface area contributed by atoms with Gasteiger partial charge in [0.15, 0.2) is 4.34 Å². The van der Waals surface area contributed by atoms with Gasteiger partial charge in [-0.1, -0.05) is 29.2 Å². The van der Waals surface area contributed by atoms with E-state index in [-0.39, 0.29) is 5.82 Å². The summed E-state index contributed by atoms with van der Waals surface area (Å²) in [5, 5.41) is 11.8. The second-order valence-corrected chi connectivity index (χ2v) is 6.65. The normalized spacial score (nSPS) is 10.6. The third kappa shape index (κ3) is 4.15. The molecule has 0 aliphatic carbocycles. The fraction of sp³-hybridized carbons (Fsp3) is 0.273. The lowest BCUT2D eigenvalue weighted by atomic mass is 10.3. The third-order valence-corrected chi connectivity index (χ3v) is 4.84. The lowest BCUT2D eigenvalue weighted by Crippen LogP contribution is -1.89. The average Bonchev–Trinajstić information content (AvgIpc) is 2.77. The first-order chi connectivity index (χ1) is 8.78. The molecule has 0 bridgehead atoms. The molecule has 7 heteroatoms. The Morgan fingerprint density at radius 2 is 2.22 bits per heavy atom. The van der Waals surface area contributed by atoms with E-state index in [0.29, 0.717) is 10.8 Å². The summed E-state index contributed by atoms with van der Waals surface area (Å²) in [6.45, 7) is 0. The summed E-state index contributed by atoms with van der Waals surface area (Å²) in [4.78, 5) is 0. The van der Waals surface area contributed by atoms with Gasteiger partial charge in [-0.2, -0.15) is 11.8 Å². The highest BCUT2D eigenvalue weighted by Crippen LogP contribution is 2.27. The Labute approximate surface area is 118 Å². The standard InChI is InChI=1S/C11H12FN3S3/c1-16-5-6-17-11-15-14-10(18-11)13-9-4-2-3-8(12)7-9/h2-4,7H,5-6H2,1H3,(H,13,14). The highest BCUT2D eigenvalue weighted by molar-refractivity contribution is 8.03. The van der Waals surface area contributed by atoms with Gasteiger partial charge >= 0.3 is 0 Å². The molecule has 0 spiro atoms. The molecule has 2 aromatic rings. The zero-order valence-corrected chi connectivity index (χ0v) is 12.2. The van der Waals surface area contributed by atoms with Crippen LogP contribution in [0.1, 0.15) is 0 Å². The first-order valence-corrected chi connectivity index (χ1v) is 8.45. The van der Waals surface area contributed by atoms with Gasteiger partial charge in [0.2, 0.25) is 5.13 Å². The van der Waals surface area contributed by atoms with E-state index in [9.17, 15) is 4.39 Å². The van der Waals surface area contributed by atoms with Gasteiger partial charge in [-0.05, 0) is 24.5 Å². The smallest absolute Gasteiger partial charge is 0.210 e. The quantitative estimate of drug-likeness (QED) is 0.647. The molecule has 0 atom stereocenters. The van der Waals surface area contributed by atoms with Gasteiger partial charge in [-0.3, -0.25) is 0 Å². The van der Waals surface area contributed by atoms with Gasteiger partial charge in [-0.25, -0.2) is 4.39 Å². The maximum atomic E-state index is 13.0. The van der Waals surface area contributed by atoms with Gasteiger partial charge in [-0.15, -0.1) is 10.2 Å². The fourth-order valence-corrected chi connectivity index (χ4v) is 3.71. The van der Waals surface area contributed by atoms with Crippen molar-refractivity contribution in [1.82, 2.24) is 10.2 Å². The molecule has 1 N–H and O–H groups in total. The van der Waals surface area contributed by atoms with Gasteiger partial charge in [0, 0.05) is 17.2 Å². The Balaban J connectivity index is 1.94. The van der Waals surface area contributed by atoms with Crippen molar-refractivity contribution in [1.29, 1.82) is 0 Å². The Kier molecular flexibility index (Phi) is 5.27. The SMILES string of the molecule is CSCCSc1nnc(Nc2cccc(F)c2)s1. The van der Waals surface area contributed by atoms with Gasteiger partial charge in [0.25, 0.3) is 0 Å². The highest BCUT2D eigenvalue weighted by atomic mass is 32.2. The molecule has 3 nitrogen and oxygen atoms in total. The molecule has 0 unspecified atom stereocenters. The summed E-state index contributed by atoms with van der Waals surface area (Å²) in [5.41, 5.74) is 0.687. The molecule has 0 saturated carbocycles. The largest absolute Gasteiger partial charge is 0.330 e.